The average Bonchev–Trinajstić information content (AvgIpc) is 2.17. The van der Waals surface area contributed by atoms with Crippen molar-refractivity contribution in [3.05, 3.63) is 24.3 Å². The normalized spacial score (nSPS) is 13.8. The Hall–Kier alpha value is -1.05. The first-order valence-corrected chi connectivity index (χ1v) is 5.68. The first-order valence-electron chi connectivity index (χ1n) is 4.19. The van der Waals surface area contributed by atoms with Crippen LogP contribution in [0.25, 0.3) is 0 Å². The molecule has 15 heavy (non-hydrogen) atoms. The second kappa shape index (κ2) is 4.65. The Kier molecular flexibility index (Phi) is 3.72. The maximum atomic E-state index is 12.7. The molecule has 0 saturated heterocycles. The van der Waals surface area contributed by atoms with Gasteiger partial charge in [-0.25, -0.2) is 17.5 Å². The summed E-state index contributed by atoms with van der Waals surface area (Å²) in [4.78, 5) is 3.17. The maximum absolute atomic E-state index is 12.7. The van der Waals surface area contributed by atoms with E-state index in [1.54, 1.807) is 0 Å². The number of aliphatic hydroxyl groups is 1. The molecule has 0 aliphatic carbocycles. The molecule has 0 aliphatic heterocycles. The maximum Gasteiger partial charge on any atom is 0.242 e. The van der Waals surface area contributed by atoms with Gasteiger partial charge in [0.2, 0.25) is 10.0 Å². The minimum absolute atomic E-state index is 0.261. The summed E-state index contributed by atoms with van der Waals surface area (Å²) in [5, 5.41) is 8.68. The van der Waals surface area contributed by atoms with Crippen LogP contribution in [0, 0.1) is 5.82 Å². The van der Waals surface area contributed by atoms with Crippen LogP contribution in [0.3, 0.4) is 0 Å². The molecule has 0 radical (unpaired) electrons. The van der Waals surface area contributed by atoms with Crippen LogP contribution in [0.5, 0.6) is 0 Å². The third kappa shape index (κ3) is 3.22. The van der Waals surface area contributed by atoms with Gasteiger partial charge in [0.1, 0.15) is 10.7 Å². The van der Waals surface area contributed by atoms with Gasteiger partial charge in [-0.2, -0.15) is 0 Å². The van der Waals surface area contributed by atoms with E-state index >= 15 is 0 Å². The van der Waals surface area contributed by atoms with Crippen LogP contribution in [0.15, 0.2) is 23.4 Å². The molecule has 0 amide bonds. The van der Waals surface area contributed by atoms with E-state index in [0.29, 0.717) is 0 Å². The standard InChI is InChI=1S/C8H11FN2O3S/c1-6(5-12)11-15(13,14)8-2-7(9)3-10-4-8/h2-4,6,11-12H,5H2,1H3/t6-/m0/s1. The summed E-state index contributed by atoms with van der Waals surface area (Å²) in [6.07, 6.45) is 1.95. The third-order valence-electron chi connectivity index (χ3n) is 1.62. The van der Waals surface area contributed by atoms with Crippen molar-refractivity contribution >= 4 is 10.0 Å². The van der Waals surface area contributed by atoms with Gasteiger partial charge in [-0.15, -0.1) is 0 Å². The molecular formula is C8H11FN2O3S. The van der Waals surface area contributed by atoms with Gasteiger partial charge in [-0.05, 0) is 13.0 Å². The Bertz CT molecular complexity index is 435. The fourth-order valence-corrected chi connectivity index (χ4v) is 2.12. The van der Waals surface area contributed by atoms with Gasteiger partial charge < -0.3 is 5.11 Å². The molecule has 2 N–H and O–H groups in total. The van der Waals surface area contributed by atoms with Crippen LogP contribution in [0.4, 0.5) is 4.39 Å². The summed E-state index contributed by atoms with van der Waals surface area (Å²) in [5.74, 6) is -0.727. The molecule has 7 heteroatoms. The van der Waals surface area contributed by atoms with Gasteiger partial charge in [-0.3, -0.25) is 4.98 Å². The number of rotatable bonds is 4. The van der Waals surface area contributed by atoms with Crippen molar-refractivity contribution < 1.29 is 17.9 Å². The Labute approximate surface area is 87.0 Å². The number of pyridine rings is 1. The Morgan fingerprint density at radius 2 is 2.27 bits per heavy atom. The molecule has 0 unspecified atom stereocenters. The Morgan fingerprint density at radius 1 is 1.60 bits per heavy atom. The molecule has 1 rings (SSSR count). The predicted octanol–water partition coefficient (Wildman–Crippen LogP) is -0.120. The number of aromatic nitrogens is 1. The van der Waals surface area contributed by atoms with E-state index in [4.69, 9.17) is 5.11 Å². The van der Waals surface area contributed by atoms with Gasteiger partial charge >= 0.3 is 0 Å². The lowest BCUT2D eigenvalue weighted by Crippen LogP contribution is -2.35. The highest BCUT2D eigenvalue weighted by molar-refractivity contribution is 7.89. The molecule has 84 valence electrons. The highest BCUT2D eigenvalue weighted by atomic mass is 32.2. The number of hydrogen-bond donors (Lipinski definition) is 2. The van der Waals surface area contributed by atoms with Crippen LogP contribution >= 0.6 is 0 Å². The topological polar surface area (TPSA) is 79.3 Å². The highest BCUT2D eigenvalue weighted by Crippen LogP contribution is 2.08. The van der Waals surface area contributed by atoms with Gasteiger partial charge in [0.15, 0.2) is 0 Å². The van der Waals surface area contributed by atoms with Gasteiger partial charge in [0, 0.05) is 12.2 Å². The van der Waals surface area contributed by atoms with Crippen molar-refractivity contribution in [2.24, 2.45) is 0 Å². The summed E-state index contributed by atoms with van der Waals surface area (Å²) < 4.78 is 37.9. The van der Waals surface area contributed by atoms with Crippen molar-refractivity contribution in [2.45, 2.75) is 17.9 Å². The molecule has 5 nitrogen and oxygen atoms in total. The van der Waals surface area contributed by atoms with E-state index in [-0.39, 0.29) is 11.5 Å². The second-order valence-corrected chi connectivity index (χ2v) is 4.76. The Balaban J connectivity index is 2.96. The highest BCUT2D eigenvalue weighted by Gasteiger charge is 2.17. The van der Waals surface area contributed by atoms with E-state index in [9.17, 15) is 12.8 Å². The number of sulfonamides is 1. The lowest BCUT2D eigenvalue weighted by Gasteiger charge is -2.10. The molecule has 1 atom stereocenters. The average molecular weight is 234 g/mol. The quantitative estimate of drug-likeness (QED) is 0.761. The third-order valence-corrected chi connectivity index (χ3v) is 3.18. The van der Waals surface area contributed by atoms with E-state index < -0.39 is 21.9 Å². The van der Waals surface area contributed by atoms with Crippen molar-refractivity contribution in [3.8, 4) is 0 Å². The summed E-state index contributed by atoms with van der Waals surface area (Å²) in [5.41, 5.74) is 0. The number of nitrogens with zero attached hydrogens (tertiary/aromatic N) is 1. The smallest absolute Gasteiger partial charge is 0.242 e. The number of aliphatic hydroxyl groups excluding tert-OH is 1. The van der Waals surface area contributed by atoms with Gasteiger partial charge in [0.05, 0.1) is 12.8 Å². The molecular weight excluding hydrogens is 223 g/mol. The van der Waals surface area contributed by atoms with Crippen LogP contribution in [0.1, 0.15) is 6.92 Å². The van der Waals surface area contributed by atoms with Crippen molar-refractivity contribution in [2.75, 3.05) is 6.61 Å². The molecule has 1 aromatic rings. The van der Waals surface area contributed by atoms with Gasteiger partial charge in [0.25, 0.3) is 0 Å². The fraction of sp³-hybridized carbons (Fsp3) is 0.375. The van der Waals surface area contributed by atoms with Crippen LogP contribution < -0.4 is 4.72 Å². The monoisotopic (exact) mass is 234 g/mol. The van der Waals surface area contributed by atoms with E-state index in [2.05, 4.69) is 9.71 Å². The van der Waals surface area contributed by atoms with E-state index in [1.165, 1.54) is 6.92 Å². The Morgan fingerprint density at radius 3 is 2.80 bits per heavy atom. The summed E-state index contributed by atoms with van der Waals surface area (Å²) >= 11 is 0. The molecule has 0 spiro atoms. The lowest BCUT2D eigenvalue weighted by atomic mass is 10.4. The predicted molar refractivity (Wildman–Crippen MR) is 51.1 cm³/mol. The molecule has 0 saturated carbocycles. The first-order chi connectivity index (χ1) is 6.95. The van der Waals surface area contributed by atoms with Crippen molar-refractivity contribution in [3.63, 3.8) is 0 Å². The minimum Gasteiger partial charge on any atom is -0.395 e. The number of halogens is 1. The lowest BCUT2D eigenvalue weighted by molar-refractivity contribution is 0.265. The van der Waals surface area contributed by atoms with Gasteiger partial charge in [-0.1, -0.05) is 0 Å². The first kappa shape index (κ1) is 12.0. The fourth-order valence-electron chi connectivity index (χ4n) is 0.910. The zero-order valence-corrected chi connectivity index (χ0v) is 8.83. The summed E-state index contributed by atoms with van der Waals surface area (Å²) in [7, 11) is -3.81. The van der Waals surface area contributed by atoms with E-state index in [1.807, 2.05) is 0 Å². The largest absolute Gasteiger partial charge is 0.395 e. The summed E-state index contributed by atoms with van der Waals surface area (Å²) in [6, 6.07) is 0.234. The number of nitrogens with one attached hydrogen (secondary N) is 1. The summed E-state index contributed by atoms with van der Waals surface area (Å²) in [6.45, 7) is 1.16. The van der Waals surface area contributed by atoms with Crippen LogP contribution in [0.2, 0.25) is 0 Å². The van der Waals surface area contributed by atoms with Crippen LogP contribution in [-0.4, -0.2) is 31.2 Å². The molecule has 0 aliphatic rings. The zero-order valence-electron chi connectivity index (χ0n) is 8.01. The molecule has 0 fully saturated rings. The van der Waals surface area contributed by atoms with Crippen molar-refractivity contribution in [1.82, 2.24) is 9.71 Å². The molecule has 0 bridgehead atoms. The van der Waals surface area contributed by atoms with Crippen LogP contribution in [-0.2, 0) is 10.0 Å². The molecule has 1 heterocycles. The second-order valence-electron chi connectivity index (χ2n) is 3.04. The minimum atomic E-state index is -3.81. The zero-order chi connectivity index (χ0) is 11.5. The van der Waals surface area contributed by atoms with Crippen molar-refractivity contribution in [1.29, 1.82) is 0 Å². The van der Waals surface area contributed by atoms with E-state index in [0.717, 1.165) is 18.5 Å². The SMILES string of the molecule is C[C@@H](CO)NS(=O)(=O)c1cncc(F)c1. The number of hydrogen-bond acceptors (Lipinski definition) is 4. The molecule has 0 aromatic carbocycles. The molecule has 1 aromatic heterocycles.